The number of ether oxygens (including phenoxy) is 1. The number of aryl methyl sites for hydroxylation is 1. The predicted octanol–water partition coefficient (Wildman–Crippen LogP) is 3.96. The fourth-order valence-corrected chi connectivity index (χ4v) is 3.65. The van der Waals surface area contributed by atoms with Gasteiger partial charge in [-0.2, -0.15) is 0 Å². The molecule has 0 spiro atoms. The van der Waals surface area contributed by atoms with Crippen LogP contribution in [0.15, 0.2) is 65.8 Å². The highest BCUT2D eigenvalue weighted by Crippen LogP contribution is 2.25. The fourth-order valence-electron chi connectivity index (χ4n) is 2.80. The number of rotatable bonds is 8. The quantitative estimate of drug-likeness (QED) is 0.583. The number of nitrogens with one attached hydrogen (secondary N) is 1. The van der Waals surface area contributed by atoms with Crippen molar-refractivity contribution in [3.05, 3.63) is 78.1 Å². The molecule has 0 fully saturated rings. The Hall–Kier alpha value is -2.80. The second-order valence-corrected chi connectivity index (χ2v) is 7.39. The summed E-state index contributed by atoms with van der Waals surface area (Å²) in [6.45, 7) is 0. The first kappa shape index (κ1) is 19.9. The number of hydrogen-bond acceptors (Lipinski definition) is 4. The Morgan fingerprint density at radius 1 is 1.29 bits per heavy atom. The number of aromatic nitrogens is 2. The number of imidazole rings is 1. The van der Waals surface area contributed by atoms with Crippen molar-refractivity contribution in [1.82, 2.24) is 14.9 Å². The molecule has 0 saturated carbocycles. The van der Waals surface area contributed by atoms with E-state index < -0.39 is 0 Å². The van der Waals surface area contributed by atoms with Crippen LogP contribution in [0.5, 0.6) is 5.75 Å². The van der Waals surface area contributed by atoms with Crippen LogP contribution in [-0.4, -0.2) is 28.3 Å². The maximum absolute atomic E-state index is 13.0. The number of nitrogens with zero attached hydrogens (tertiary/aromatic N) is 2. The van der Waals surface area contributed by atoms with E-state index in [1.165, 1.54) is 23.9 Å². The lowest BCUT2D eigenvalue weighted by Crippen LogP contribution is -2.31. The summed E-state index contributed by atoms with van der Waals surface area (Å²) in [5.41, 5.74) is 0.896. The Balaban J connectivity index is 1.67. The summed E-state index contributed by atoms with van der Waals surface area (Å²) in [7, 11) is 3.51. The molecule has 1 amide bonds. The van der Waals surface area contributed by atoms with Crippen molar-refractivity contribution >= 4 is 17.7 Å². The molecule has 5 nitrogen and oxygen atoms in total. The van der Waals surface area contributed by atoms with Crippen LogP contribution in [0.25, 0.3) is 0 Å². The molecule has 28 heavy (non-hydrogen) atoms. The van der Waals surface area contributed by atoms with Gasteiger partial charge in [-0.1, -0.05) is 12.1 Å². The van der Waals surface area contributed by atoms with Crippen LogP contribution in [0.4, 0.5) is 4.39 Å². The summed E-state index contributed by atoms with van der Waals surface area (Å²) in [6, 6.07) is 13.5. The van der Waals surface area contributed by atoms with Gasteiger partial charge in [0.1, 0.15) is 23.4 Å². The second kappa shape index (κ2) is 9.41. The Morgan fingerprint density at radius 2 is 2.07 bits per heavy atom. The number of benzene rings is 2. The highest BCUT2D eigenvalue weighted by molar-refractivity contribution is 7.99. The van der Waals surface area contributed by atoms with Crippen molar-refractivity contribution in [3.63, 3.8) is 0 Å². The lowest BCUT2D eigenvalue weighted by molar-refractivity contribution is -0.121. The topological polar surface area (TPSA) is 56.1 Å². The van der Waals surface area contributed by atoms with E-state index in [9.17, 15) is 9.18 Å². The van der Waals surface area contributed by atoms with Crippen molar-refractivity contribution in [3.8, 4) is 5.75 Å². The number of carbonyl (C=O) groups is 1. The van der Waals surface area contributed by atoms with E-state index in [4.69, 9.17) is 4.74 Å². The molecular weight excluding hydrogens is 377 g/mol. The number of hydrogen-bond donors (Lipinski definition) is 1. The Morgan fingerprint density at radius 3 is 2.75 bits per heavy atom. The van der Waals surface area contributed by atoms with E-state index in [2.05, 4.69) is 10.3 Å². The summed E-state index contributed by atoms with van der Waals surface area (Å²) in [5.74, 6) is 1.72. The zero-order valence-electron chi connectivity index (χ0n) is 15.8. The monoisotopic (exact) mass is 399 g/mol. The van der Waals surface area contributed by atoms with Crippen LogP contribution >= 0.6 is 11.8 Å². The average Bonchev–Trinajstić information content (AvgIpc) is 3.13. The van der Waals surface area contributed by atoms with Crippen molar-refractivity contribution < 1.29 is 13.9 Å². The summed E-state index contributed by atoms with van der Waals surface area (Å²) in [5, 5.41) is 3.07. The number of carbonyl (C=O) groups excluding carboxylic acids is 1. The van der Waals surface area contributed by atoms with Gasteiger partial charge in [-0.15, -0.1) is 11.8 Å². The molecule has 1 atom stereocenters. The number of methoxy groups -OCH3 is 1. The Bertz CT molecular complexity index is 927. The molecule has 3 aromatic rings. The zero-order valence-corrected chi connectivity index (χ0v) is 16.6. The van der Waals surface area contributed by atoms with Gasteiger partial charge in [0.25, 0.3) is 0 Å². The van der Waals surface area contributed by atoms with Crippen molar-refractivity contribution in [2.24, 2.45) is 7.05 Å². The van der Waals surface area contributed by atoms with Crippen LogP contribution in [0, 0.1) is 5.82 Å². The van der Waals surface area contributed by atoms with E-state index in [0.29, 0.717) is 12.2 Å². The van der Waals surface area contributed by atoms with Gasteiger partial charge in [0, 0.05) is 36.5 Å². The average molecular weight is 399 g/mol. The molecule has 7 heteroatoms. The first-order valence-corrected chi connectivity index (χ1v) is 9.84. The maximum atomic E-state index is 13.0. The van der Waals surface area contributed by atoms with Crippen molar-refractivity contribution in [1.29, 1.82) is 0 Å². The molecule has 0 radical (unpaired) electrons. The molecule has 0 aliphatic rings. The van der Waals surface area contributed by atoms with Crippen LogP contribution in [-0.2, 0) is 11.8 Å². The summed E-state index contributed by atoms with van der Waals surface area (Å²) in [6.07, 6.45) is 3.89. The van der Waals surface area contributed by atoms with E-state index in [1.54, 1.807) is 25.4 Å². The fraction of sp³-hybridized carbons (Fsp3) is 0.238. The minimum Gasteiger partial charge on any atom is -0.497 e. The molecule has 0 aliphatic heterocycles. The normalized spacial score (nSPS) is 11.8. The van der Waals surface area contributed by atoms with Gasteiger partial charge in [0.15, 0.2) is 0 Å². The Kier molecular flexibility index (Phi) is 6.71. The molecule has 0 bridgehead atoms. The van der Waals surface area contributed by atoms with E-state index in [-0.39, 0.29) is 17.8 Å². The molecule has 0 saturated heterocycles. The molecule has 3 rings (SSSR count). The van der Waals surface area contributed by atoms with Gasteiger partial charge >= 0.3 is 0 Å². The molecule has 1 aromatic heterocycles. The summed E-state index contributed by atoms with van der Waals surface area (Å²) < 4.78 is 20.2. The number of halogens is 1. The van der Waals surface area contributed by atoms with Crippen LogP contribution < -0.4 is 10.1 Å². The summed E-state index contributed by atoms with van der Waals surface area (Å²) >= 11 is 1.52. The number of thioether (sulfide) groups is 1. The maximum Gasteiger partial charge on any atom is 0.221 e. The van der Waals surface area contributed by atoms with Gasteiger partial charge in [-0.25, -0.2) is 9.37 Å². The largest absolute Gasteiger partial charge is 0.497 e. The lowest BCUT2D eigenvalue weighted by atomic mass is 10.1. The molecule has 2 aromatic carbocycles. The highest BCUT2D eigenvalue weighted by atomic mass is 32.2. The van der Waals surface area contributed by atoms with Crippen LogP contribution in [0.2, 0.25) is 0 Å². The van der Waals surface area contributed by atoms with Crippen molar-refractivity contribution in [2.75, 3.05) is 12.9 Å². The highest BCUT2D eigenvalue weighted by Gasteiger charge is 2.21. The van der Waals surface area contributed by atoms with Gasteiger partial charge in [-0.3, -0.25) is 4.79 Å². The van der Waals surface area contributed by atoms with E-state index in [0.717, 1.165) is 22.0 Å². The van der Waals surface area contributed by atoms with Crippen LogP contribution in [0.1, 0.15) is 23.9 Å². The van der Waals surface area contributed by atoms with E-state index in [1.807, 2.05) is 42.1 Å². The minimum absolute atomic E-state index is 0.0783. The standard InChI is InChI=1S/C21H22FN3O2S/c1-25-12-11-23-21(25)20(15-4-3-5-17(14-15)27-2)24-19(26)10-13-28-18-8-6-16(22)7-9-18/h3-9,11-12,14,20H,10,13H2,1-2H3,(H,24,26). The third kappa shape index (κ3) is 5.13. The molecule has 1 unspecified atom stereocenters. The van der Waals surface area contributed by atoms with Gasteiger partial charge < -0.3 is 14.6 Å². The smallest absolute Gasteiger partial charge is 0.221 e. The third-order valence-corrected chi connectivity index (χ3v) is 5.27. The first-order valence-electron chi connectivity index (χ1n) is 8.85. The first-order chi connectivity index (χ1) is 13.6. The molecular formula is C21H22FN3O2S. The minimum atomic E-state index is -0.376. The SMILES string of the molecule is COc1cccc(C(NC(=O)CCSc2ccc(F)cc2)c2nccn2C)c1. The van der Waals surface area contributed by atoms with Gasteiger partial charge in [0.05, 0.1) is 7.11 Å². The van der Waals surface area contributed by atoms with Crippen molar-refractivity contribution in [2.45, 2.75) is 17.4 Å². The molecule has 1 N–H and O–H groups in total. The Labute approximate surface area is 167 Å². The van der Waals surface area contributed by atoms with Gasteiger partial charge in [-0.05, 0) is 42.0 Å². The summed E-state index contributed by atoms with van der Waals surface area (Å²) in [4.78, 5) is 17.9. The zero-order chi connectivity index (χ0) is 19.9. The third-order valence-electron chi connectivity index (χ3n) is 4.26. The van der Waals surface area contributed by atoms with Gasteiger partial charge in [0.2, 0.25) is 5.91 Å². The lowest BCUT2D eigenvalue weighted by Gasteiger charge is -2.19. The molecule has 1 heterocycles. The van der Waals surface area contributed by atoms with Crippen LogP contribution in [0.3, 0.4) is 0 Å². The second-order valence-electron chi connectivity index (χ2n) is 6.23. The molecule has 146 valence electrons. The predicted molar refractivity (Wildman–Crippen MR) is 108 cm³/mol. The number of amides is 1. The molecule has 0 aliphatic carbocycles. The van der Waals surface area contributed by atoms with E-state index >= 15 is 0 Å².